The minimum absolute atomic E-state index is 0.0388. The first-order chi connectivity index (χ1) is 9.32. The van der Waals surface area contributed by atoms with Crippen LogP contribution in [0.2, 0.25) is 0 Å². The number of benzene rings is 1. The molecule has 2 rings (SSSR count). The highest BCUT2D eigenvalue weighted by atomic mass is 79.9. The van der Waals surface area contributed by atoms with Crippen LogP contribution in [0.3, 0.4) is 0 Å². The molecule has 0 aliphatic rings. The van der Waals surface area contributed by atoms with E-state index in [1.54, 1.807) is 11.7 Å². The van der Waals surface area contributed by atoms with E-state index < -0.39 is 5.97 Å². The topological polar surface area (TPSA) is 55.1 Å². The van der Waals surface area contributed by atoms with Crippen LogP contribution in [-0.4, -0.2) is 20.9 Å². The Balaban J connectivity index is 2.68. The van der Waals surface area contributed by atoms with Crippen molar-refractivity contribution in [3.63, 3.8) is 0 Å². The fourth-order valence-corrected chi connectivity index (χ4v) is 2.90. The number of aryl methyl sites for hydroxylation is 2. The van der Waals surface area contributed by atoms with Gasteiger partial charge in [-0.1, -0.05) is 26.0 Å². The second-order valence-corrected chi connectivity index (χ2v) is 5.96. The van der Waals surface area contributed by atoms with E-state index in [1.165, 1.54) is 5.56 Å². The smallest absolute Gasteiger partial charge is 0.357 e. The Hall–Kier alpha value is -1.62. The lowest BCUT2D eigenvalue weighted by molar-refractivity contribution is 0.0688. The van der Waals surface area contributed by atoms with Crippen LogP contribution in [0.4, 0.5) is 0 Å². The van der Waals surface area contributed by atoms with Gasteiger partial charge in [0.1, 0.15) is 0 Å². The van der Waals surface area contributed by atoms with Gasteiger partial charge in [0.05, 0.1) is 10.2 Å². The van der Waals surface area contributed by atoms with Crippen LogP contribution >= 0.6 is 15.9 Å². The first-order valence-corrected chi connectivity index (χ1v) is 7.19. The molecule has 4 nitrogen and oxygen atoms in total. The van der Waals surface area contributed by atoms with Crippen molar-refractivity contribution in [3.8, 4) is 11.3 Å². The number of nitrogens with zero attached hydrogens (tertiary/aromatic N) is 2. The number of carboxylic acid groups (broad SMARTS) is 1. The molecule has 1 heterocycles. The summed E-state index contributed by atoms with van der Waals surface area (Å²) in [6.07, 6.45) is 0. The van der Waals surface area contributed by atoms with Crippen molar-refractivity contribution in [2.75, 3.05) is 0 Å². The van der Waals surface area contributed by atoms with Gasteiger partial charge >= 0.3 is 5.97 Å². The van der Waals surface area contributed by atoms with Gasteiger partial charge in [-0.3, -0.25) is 4.68 Å². The second-order valence-electron chi connectivity index (χ2n) is 5.17. The molecule has 1 aromatic carbocycles. The summed E-state index contributed by atoms with van der Waals surface area (Å²) in [6, 6.07) is 6.27. The molecule has 0 saturated heterocycles. The number of aromatic carboxylic acids is 1. The summed E-state index contributed by atoms with van der Waals surface area (Å²) in [5.74, 6) is -0.614. The molecule has 1 aromatic heterocycles. The molecule has 106 valence electrons. The monoisotopic (exact) mass is 336 g/mol. The molecule has 0 fully saturated rings. The largest absolute Gasteiger partial charge is 0.476 e. The maximum Gasteiger partial charge on any atom is 0.357 e. The molecule has 0 spiro atoms. The van der Waals surface area contributed by atoms with Gasteiger partial charge in [-0.15, -0.1) is 0 Å². The van der Waals surface area contributed by atoms with Crippen molar-refractivity contribution in [3.05, 3.63) is 39.5 Å². The molecular weight excluding hydrogens is 320 g/mol. The van der Waals surface area contributed by atoms with Crippen LogP contribution in [0.1, 0.15) is 41.4 Å². The summed E-state index contributed by atoms with van der Waals surface area (Å²) in [4.78, 5) is 11.2. The summed E-state index contributed by atoms with van der Waals surface area (Å²) in [6.45, 7) is 6.28. The predicted molar refractivity (Wildman–Crippen MR) is 82.1 cm³/mol. The highest BCUT2D eigenvalue weighted by molar-refractivity contribution is 9.10. The van der Waals surface area contributed by atoms with Crippen molar-refractivity contribution < 1.29 is 9.90 Å². The Kier molecular flexibility index (Phi) is 3.99. The van der Waals surface area contributed by atoms with Gasteiger partial charge in [0, 0.05) is 12.6 Å². The molecule has 0 bridgehead atoms. The maximum atomic E-state index is 11.2. The predicted octanol–water partition coefficient (Wildman–Crippen LogP) is 3.98. The molecule has 0 atom stereocenters. The van der Waals surface area contributed by atoms with E-state index in [1.807, 2.05) is 6.92 Å². The number of rotatable bonds is 3. The summed E-state index contributed by atoms with van der Waals surface area (Å²) in [5.41, 5.74) is 4.15. The maximum absolute atomic E-state index is 11.2. The van der Waals surface area contributed by atoms with Gasteiger partial charge in [0.25, 0.3) is 0 Å². The average Bonchev–Trinajstić information content (AvgIpc) is 2.66. The van der Waals surface area contributed by atoms with E-state index >= 15 is 0 Å². The molecule has 0 amide bonds. The van der Waals surface area contributed by atoms with E-state index in [0.717, 1.165) is 16.8 Å². The fourth-order valence-electron chi connectivity index (χ4n) is 2.18. The number of carboxylic acids is 1. The Morgan fingerprint density at radius 2 is 2.05 bits per heavy atom. The quantitative estimate of drug-likeness (QED) is 0.922. The summed E-state index contributed by atoms with van der Waals surface area (Å²) in [5, 5.41) is 13.2. The number of carbonyl (C=O) groups is 1. The molecule has 0 aliphatic heterocycles. The van der Waals surface area contributed by atoms with E-state index in [-0.39, 0.29) is 5.69 Å². The van der Waals surface area contributed by atoms with Crippen LogP contribution in [0.25, 0.3) is 11.3 Å². The standard InChI is InChI=1S/C15H17BrN2O2/c1-8(2)10-6-5-9(3)11(7-10)14-12(16)13(15(19)20)17-18(14)4/h5-8H,1-4H3,(H,19,20). The zero-order valence-corrected chi connectivity index (χ0v) is 13.5. The zero-order chi connectivity index (χ0) is 15.0. The van der Waals surface area contributed by atoms with Gasteiger partial charge in [-0.2, -0.15) is 5.10 Å². The average molecular weight is 337 g/mol. The third-order valence-corrected chi connectivity index (χ3v) is 4.13. The lowest BCUT2D eigenvalue weighted by atomic mass is 9.96. The van der Waals surface area contributed by atoms with Gasteiger partial charge in [0.15, 0.2) is 5.69 Å². The van der Waals surface area contributed by atoms with E-state index in [0.29, 0.717) is 10.4 Å². The van der Waals surface area contributed by atoms with Crippen LogP contribution < -0.4 is 0 Å². The Labute approximate surface area is 126 Å². The van der Waals surface area contributed by atoms with Crippen LogP contribution in [0, 0.1) is 6.92 Å². The lowest BCUT2D eigenvalue weighted by Gasteiger charge is -2.12. The molecule has 5 heteroatoms. The normalized spacial score (nSPS) is 11.1. The van der Waals surface area contributed by atoms with Crippen molar-refractivity contribution in [2.24, 2.45) is 7.05 Å². The molecule has 20 heavy (non-hydrogen) atoms. The SMILES string of the molecule is Cc1ccc(C(C)C)cc1-c1c(Br)c(C(=O)O)nn1C. The van der Waals surface area contributed by atoms with Gasteiger partial charge < -0.3 is 5.11 Å². The van der Waals surface area contributed by atoms with Gasteiger partial charge in [0.2, 0.25) is 0 Å². The van der Waals surface area contributed by atoms with Crippen molar-refractivity contribution in [1.82, 2.24) is 9.78 Å². The molecule has 2 aromatic rings. The summed E-state index contributed by atoms with van der Waals surface area (Å²) in [7, 11) is 1.76. The number of hydrogen-bond donors (Lipinski definition) is 1. The van der Waals surface area contributed by atoms with Crippen molar-refractivity contribution >= 4 is 21.9 Å². The van der Waals surface area contributed by atoms with Crippen molar-refractivity contribution in [1.29, 1.82) is 0 Å². The molecular formula is C15H17BrN2O2. The summed E-state index contributed by atoms with van der Waals surface area (Å²) < 4.78 is 2.14. The number of aromatic nitrogens is 2. The highest BCUT2D eigenvalue weighted by Crippen LogP contribution is 2.34. The zero-order valence-electron chi connectivity index (χ0n) is 11.9. The van der Waals surface area contributed by atoms with Gasteiger partial charge in [-0.05, 0) is 46.0 Å². The second kappa shape index (κ2) is 5.40. The minimum atomic E-state index is -1.03. The molecule has 0 unspecified atom stereocenters. The third-order valence-electron chi connectivity index (χ3n) is 3.38. The minimum Gasteiger partial charge on any atom is -0.476 e. The fraction of sp³-hybridized carbons (Fsp3) is 0.333. The van der Waals surface area contributed by atoms with Crippen LogP contribution in [-0.2, 0) is 7.05 Å². The van der Waals surface area contributed by atoms with Crippen molar-refractivity contribution in [2.45, 2.75) is 26.7 Å². The first kappa shape index (κ1) is 14.8. The highest BCUT2D eigenvalue weighted by Gasteiger charge is 2.21. The Morgan fingerprint density at radius 1 is 1.40 bits per heavy atom. The lowest BCUT2D eigenvalue weighted by Crippen LogP contribution is -2.00. The van der Waals surface area contributed by atoms with E-state index in [9.17, 15) is 4.79 Å². The van der Waals surface area contributed by atoms with E-state index in [2.05, 4.69) is 53.1 Å². The van der Waals surface area contributed by atoms with E-state index in [4.69, 9.17) is 5.11 Å². The first-order valence-electron chi connectivity index (χ1n) is 6.39. The van der Waals surface area contributed by atoms with Gasteiger partial charge in [-0.25, -0.2) is 4.79 Å². The molecule has 0 aliphatic carbocycles. The number of halogens is 1. The Bertz CT molecular complexity index is 675. The Morgan fingerprint density at radius 3 is 2.55 bits per heavy atom. The van der Waals surface area contributed by atoms with Crippen LogP contribution in [0.5, 0.6) is 0 Å². The third kappa shape index (κ3) is 2.50. The molecule has 0 radical (unpaired) electrons. The van der Waals surface area contributed by atoms with Crippen LogP contribution in [0.15, 0.2) is 22.7 Å². The molecule has 1 N–H and O–H groups in total. The summed E-state index contributed by atoms with van der Waals surface area (Å²) >= 11 is 3.37. The molecule has 0 saturated carbocycles. The number of hydrogen-bond acceptors (Lipinski definition) is 2.